The van der Waals surface area contributed by atoms with E-state index in [0.29, 0.717) is 18.8 Å². The molecule has 1 aromatic carbocycles. The van der Waals surface area contributed by atoms with E-state index in [0.717, 1.165) is 0 Å². The van der Waals surface area contributed by atoms with E-state index < -0.39 is 5.82 Å². The maximum atomic E-state index is 13.5. The molecule has 15 heavy (non-hydrogen) atoms. The molecule has 0 amide bonds. The van der Waals surface area contributed by atoms with Gasteiger partial charge in [-0.05, 0) is 6.07 Å². The van der Waals surface area contributed by atoms with Crippen LogP contribution in [-0.2, 0) is 16.1 Å². The largest absolute Gasteiger partial charge is 0.376 e. The van der Waals surface area contributed by atoms with Crippen LogP contribution >= 0.6 is 0 Å². The van der Waals surface area contributed by atoms with Crippen molar-refractivity contribution in [1.82, 2.24) is 0 Å². The fourth-order valence-electron chi connectivity index (χ4n) is 1.30. The highest BCUT2D eigenvalue weighted by Gasteiger charge is 2.19. The lowest BCUT2D eigenvalue weighted by Crippen LogP contribution is -2.35. The Bertz CT molecular complexity index is 396. The Kier molecular flexibility index (Phi) is 2.95. The molecule has 0 aromatic heterocycles. The number of benzene rings is 1. The Balaban J connectivity index is 2.04. The van der Waals surface area contributed by atoms with E-state index in [4.69, 9.17) is 14.7 Å². The molecule has 0 saturated carbocycles. The van der Waals surface area contributed by atoms with Crippen molar-refractivity contribution >= 4 is 0 Å². The number of nitriles is 1. The topological polar surface area (TPSA) is 42.2 Å². The SMILES string of the molecule is N#Cc1cccc(COC2COC2)c1F. The predicted molar refractivity (Wildman–Crippen MR) is 50.5 cm³/mol. The van der Waals surface area contributed by atoms with Crippen LogP contribution in [-0.4, -0.2) is 19.3 Å². The van der Waals surface area contributed by atoms with Gasteiger partial charge in [0.1, 0.15) is 18.0 Å². The van der Waals surface area contributed by atoms with Crippen LogP contribution in [0.2, 0.25) is 0 Å². The number of rotatable bonds is 3. The van der Waals surface area contributed by atoms with Crippen LogP contribution in [0.25, 0.3) is 0 Å². The molecule has 0 unspecified atom stereocenters. The van der Waals surface area contributed by atoms with E-state index in [1.807, 2.05) is 0 Å². The average molecular weight is 207 g/mol. The molecule has 0 atom stereocenters. The van der Waals surface area contributed by atoms with Crippen LogP contribution in [0, 0.1) is 17.1 Å². The quantitative estimate of drug-likeness (QED) is 0.756. The molecule has 1 aromatic rings. The molecule has 1 fully saturated rings. The first-order valence-electron chi connectivity index (χ1n) is 4.68. The van der Waals surface area contributed by atoms with Crippen LogP contribution in [0.4, 0.5) is 4.39 Å². The molecule has 0 N–H and O–H groups in total. The fraction of sp³-hybridized carbons (Fsp3) is 0.364. The van der Waals surface area contributed by atoms with Crippen molar-refractivity contribution in [2.24, 2.45) is 0 Å². The Morgan fingerprint density at radius 3 is 2.93 bits per heavy atom. The summed E-state index contributed by atoms with van der Waals surface area (Å²) in [6, 6.07) is 6.52. The summed E-state index contributed by atoms with van der Waals surface area (Å²) in [5, 5.41) is 8.63. The monoisotopic (exact) mass is 207 g/mol. The summed E-state index contributed by atoms with van der Waals surface area (Å²) in [6.07, 6.45) is 0.0649. The first kappa shape index (κ1) is 10.1. The highest BCUT2D eigenvalue weighted by Crippen LogP contribution is 2.15. The minimum atomic E-state index is -0.486. The predicted octanol–water partition coefficient (Wildman–Crippen LogP) is 1.61. The molecule has 0 bridgehead atoms. The van der Waals surface area contributed by atoms with Crippen molar-refractivity contribution in [2.45, 2.75) is 12.7 Å². The highest BCUT2D eigenvalue weighted by atomic mass is 19.1. The van der Waals surface area contributed by atoms with Crippen molar-refractivity contribution in [3.63, 3.8) is 0 Å². The van der Waals surface area contributed by atoms with E-state index in [1.54, 1.807) is 18.2 Å². The van der Waals surface area contributed by atoms with Gasteiger partial charge < -0.3 is 9.47 Å². The number of ether oxygens (including phenoxy) is 2. The molecule has 78 valence electrons. The zero-order valence-corrected chi connectivity index (χ0v) is 8.07. The number of halogens is 1. The van der Waals surface area contributed by atoms with Crippen LogP contribution in [0.5, 0.6) is 0 Å². The average Bonchev–Trinajstić information content (AvgIpc) is 2.18. The van der Waals surface area contributed by atoms with Gasteiger partial charge in [0, 0.05) is 5.56 Å². The second kappa shape index (κ2) is 4.39. The second-order valence-electron chi connectivity index (χ2n) is 3.36. The molecule has 4 heteroatoms. The van der Waals surface area contributed by atoms with Crippen LogP contribution < -0.4 is 0 Å². The molecule has 1 aliphatic heterocycles. The van der Waals surface area contributed by atoms with Crippen LogP contribution in [0.1, 0.15) is 11.1 Å². The van der Waals surface area contributed by atoms with E-state index >= 15 is 0 Å². The third-order valence-corrected chi connectivity index (χ3v) is 2.28. The lowest BCUT2D eigenvalue weighted by Gasteiger charge is -2.26. The van der Waals surface area contributed by atoms with Gasteiger partial charge in [-0.1, -0.05) is 12.1 Å². The molecular formula is C11H10FNO2. The first-order chi connectivity index (χ1) is 7.31. The lowest BCUT2D eigenvalue weighted by molar-refractivity contribution is -0.135. The molecule has 0 aliphatic carbocycles. The Hall–Kier alpha value is -1.44. The van der Waals surface area contributed by atoms with Crippen molar-refractivity contribution in [3.8, 4) is 6.07 Å². The van der Waals surface area contributed by atoms with E-state index in [2.05, 4.69) is 0 Å². The molecule has 1 heterocycles. The van der Waals surface area contributed by atoms with Crippen LogP contribution in [0.3, 0.4) is 0 Å². The molecule has 0 spiro atoms. The third kappa shape index (κ3) is 2.14. The van der Waals surface area contributed by atoms with Crippen molar-refractivity contribution < 1.29 is 13.9 Å². The minimum absolute atomic E-state index is 0.0564. The van der Waals surface area contributed by atoms with Gasteiger partial charge in [-0.2, -0.15) is 5.26 Å². The van der Waals surface area contributed by atoms with E-state index in [1.165, 1.54) is 6.07 Å². The Morgan fingerprint density at radius 2 is 2.33 bits per heavy atom. The lowest BCUT2D eigenvalue weighted by atomic mass is 10.1. The smallest absolute Gasteiger partial charge is 0.146 e. The standard InChI is InChI=1S/C11H10FNO2/c12-11-8(4-13)2-1-3-9(11)5-15-10-6-14-7-10/h1-3,10H,5-7H2. The van der Waals surface area contributed by atoms with Crippen molar-refractivity contribution in [1.29, 1.82) is 5.26 Å². The number of hydrogen-bond donors (Lipinski definition) is 0. The third-order valence-electron chi connectivity index (χ3n) is 2.28. The van der Waals surface area contributed by atoms with Gasteiger partial charge in [0.2, 0.25) is 0 Å². The normalized spacial score (nSPS) is 15.7. The summed E-state index contributed by atoms with van der Waals surface area (Å²) in [5.41, 5.74) is 0.474. The summed E-state index contributed by atoms with van der Waals surface area (Å²) in [7, 11) is 0. The van der Waals surface area contributed by atoms with Crippen molar-refractivity contribution in [3.05, 3.63) is 35.1 Å². The summed E-state index contributed by atoms with van der Waals surface area (Å²) in [6.45, 7) is 1.33. The summed E-state index contributed by atoms with van der Waals surface area (Å²) in [4.78, 5) is 0. The Labute approximate surface area is 87.0 Å². The van der Waals surface area contributed by atoms with Gasteiger partial charge in [-0.25, -0.2) is 4.39 Å². The second-order valence-corrected chi connectivity index (χ2v) is 3.36. The summed E-state index contributed by atoms with van der Waals surface area (Å²) in [5.74, 6) is -0.486. The first-order valence-corrected chi connectivity index (χ1v) is 4.68. The van der Waals surface area contributed by atoms with Gasteiger partial charge in [-0.3, -0.25) is 0 Å². The van der Waals surface area contributed by atoms with Gasteiger partial charge in [0.25, 0.3) is 0 Å². The molecule has 1 aliphatic rings. The van der Waals surface area contributed by atoms with Crippen LogP contribution in [0.15, 0.2) is 18.2 Å². The maximum Gasteiger partial charge on any atom is 0.146 e. The fourth-order valence-corrected chi connectivity index (χ4v) is 1.30. The Morgan fingerprint density at radius 1 is 1.53 bits per heavy atom. The molecule has 1 saturated heterocycles. The summed E-state index contributed by atoms with van der Waals surface area (Å²) >= 11 is 0. The van der Waals surface area contributed by atoms with Gasteiger partial charge in [0.15, 0.2) is 0 Å². The zero-order valence-electron chi connectivity index (χ0n) is 8.07. The minimum Gasteiger partial charge on any atom is -0.376 e. The van der Waals surface area contributed by atoms with E-state index in [9.17, 15) is 4.39 Å². The highest BCUT2D eigenvalue weighted by molar-refractivity contribution is 5.34. The molecular weight excluding hydrogens is 197 g/mol. The van der Waals surface area contributed by atoms with Gasteiger partial charge in [0.05, 0.1) is 25.4 Å². The zero-order chi connectivity index (χ0) is 10.7. The molecule has 2 rings (SSSR count). The maximum absolute atomic E-state index is 13.5. The number of nitrogens with zero attached hydrogens (tertiary/aromatic N) is 1. The molecule has 0 radical (unpaired) electrons. The van der Waals surface area contributed by atoms with E-state index in [-0.39, 0.29) is 18.3 Å². The van der Waals surface area contributed by atoms with Crippen molar-refractivity contribution in [2.75, 3.05) is 13.2 Å². The summed E-state index contributed by atoms with van der Waals surface area (Å²) < 4.78 is 23.8. The molecule has 3 nitrogen and oxygen atoms in total. The van der Waals surface area contributed by atoms with Gasteiger partial charge in [-0.15, -0.1) is 0 Å². The number of hydrogen-bond acceptors (Lipinski definition) is 3. The van der Waals surface area contributed by atoms with Gasteiger partial charge >= 0.3 is 0 Å².